The number of alkyl halides is 3. The second kappa shape index (κ2) is 5.94. The summed E-state index contributed by atoms with van der Waals surface area (Å²) in [5, 5.41) is 0. The van der Waals surface area contributed by atoms with Gasteiger partial charge in [-0.15, -0.1) is 0 Å². The fraction of sp³-hybridized carbons (Fsp3) is 0.385. The molecule has 0 aromatic carbocycles. The average Bonchev–Trinajstić information content (AvgIpc) is 2.34. The number of pyridine rings is 1. The zero-order valence-corrected chi connectivity index (χ0v) is 11.3. The van der Waals surface area contributed by atoms with Gasteiger partial charge in [-0.1, -0.05) is 0 Å². The molecule has 0 amide bonds. The van der Waals surface area contributed by atoms with E-state index in [9.17, 15) is 22.8 Å². The van der Waals surface area contributed by atoms with Crippen LogP contribution in [0.15, 0.2) is 35.4 Å². The summed E-state index contributed by atoms with van der Waals surface area (Å²) in [5.41, 5.74) is -1.62. The van der Waals surface area contributed by atoms with Crippen LogP contribution in [0.3, 0.4) is 0 Å². The summed E-state index contributed by atoms with van der Waals surface area (Å²) in [5.74, 6) is -0.458. The Hall–Kier alpha value is -2.05. The molecule has 110 valence electrons. The first-order chi connectivity index (χ1) is 9.12. The zero-order valence-electron chi connectivity index (χ0n) is 11.3. The molecule has 1 aromatic rings. The van der Waals surface area contributed by atoms with Crippen LogP contribution in [0.1, 0.15) is 18.5 Å². The number of halogens is 3. The van der Waals surface area contributed by atoms with Gasteiger partial charge in [0.1, 0.15) is 0 Å². The van der Waals surface area contributed by atoms with Gasteiger partial charge in [-0.2, -0.15) is 13.2 Å². The third-order valence-corrected chi connectivity index (χ3v) is 2.63. The van der Waals surface area contributed by atoms with Crippen LogP contribution in [0, 0.1) is 0 Å². The maximum atomic E-state index is 12.6. The minimum atomic E-state index is -4.56. The number of aromatic nitrogens is 1. The van der Waals surface area contributed by atoms with Crippen LogP contribution in [0.25, 0.3) is 0 Å². The van der Waals surface area contributed by atoms with Crippen LogP contribution in [-0.4, -0.2) is 29.3 Å². The quantitative estimate of drug-likeness (QED) is 0.797. The molecule has 0 aliphatic rings. The van der Waals surface area contributed by atoms with Gasteiger partial charge in [0.2, 0.25) is 0 Å². The maximum absolute atomic E-state index is 12.6. The lowest BCUT2D eigenvalue weighted by atomic mass is 10.2. The van der Waals surface area contributed by atoms with Crippen molar-refractivity contribution in [3.63, 3.8) is 0 Å². The van der Waals surface area contributed by atoms with E-state index in [-0.39, 0.29) is 0 Å². The molecule has 1 atom stereocenters. The van der Waals surface area contributed by atoms with E-state index in [2.05, 4.69) is 0 Å². The molecule has 0 bridgehead atoms. The van der Waals surface area contributed by atoms with Gasteiger partial charge in [0.05, 0.1) is 11.6 Å². The number of carbonyl (C=O) groups excluding carboxylic acids is 1. The molecule has 1 rings (SSSR count). The SMILES string of the molecule is CC(C(=O)/C=C/N(C)C)n1cc(C(F)(F)F)ccc1=O. The highest BCUT2D eigenvalue weighted by molar-refractivity contribution is 5.92. The predicted molar refractivity (Wildman–Crippen MR) is 68.2 cm³/mol. The molecule has 0 aliphatic carbocycles. The molecule has 0 saturated carbocycles. The lowest BCUT2D eigenvalue weighted by Crippen LogP contribution is -2.28. The van der Waals surface area contributed by atoms with Gasteiger partial charge in [0.25, 0.3) is 5.56 Å². The molecule has 0 radical (unpaired) electrons. The molecular weight excluding hydrogens is 273 g/mol. The Morgan fingerprint density at radius 3 is 2.45 bits per heavy atom. The summed E-state index contributed by atoms with van der Waals surface area (Å²) in [4.78, 5) is 25.0. The average molecular weight is 288 g/mol. The zero-order chi connectivity index (χ0) is 15.5. The minimum absolute atomic E-state index is 0.458. The molecule has 0 N–H and O–H groups in total. The van der Waals surface area contributed by atoms with Crippen LogP contribution in [-0.2, 0) is 11.0 Å². The second-order valence-corrected chi connectivity index (χ2v) is 4.52. The van der Waals surface area contributed by atoms with E-state index < -0.39 is 29.1 Å². The van der Waals surface area contributed by atoms with E-state index in [1.807, 2.05) is 0 Å². The molecule has 4 nitrogen and oxygen atoms in total. The van der Waals surface area contributed by atoms with Crippen molar-refractivity contribution in [3.05, 3.63) is 46.5 Å². The number of rotatable bonds is 4. The van der Waals surface area contributed by atoms with Crippen molar-refractivity contribution in [3.8, 4) is 0 Å². The van der Waals surface area contributed by atoms with Crippen molar-refractivity contribution in [2.75, 3.05) is 14.1 Å². The van der Waals surface area contributed by atoms with Gasteiger partial charge >= 0.3 is 6.18 Å². The lowest BCUT2D eigenvalue weighted by molar-refractivity contribution is -0.138. The molecule has 1 heterocycles. The predicted octanol–water partition coefficient (Wildman–Crippen LogP) is 2.07. The molecule has 7 heteroatoms. The van der Waals surface area contributed by atoms with Crippen LogP contribution < -0.4 is 5.56 Å². The Morgan fingerprint density at radius 1 is 1.35 bits per heavy atom. The number of ketones is 1. The highest BCUT2D eigenvalue weighted by Crippen LogP contribution is 2.28. The van der Waals surface area contributed by atoms with Crippen LogP contribution >= 0.6 is 0 Å². The highest BCUT2D eigenvalue weighted by Gasteiger charge is 2.31. The summed E-state index contributed by atoms with van der Waals surface area (Å²) >= 11 is 0. The topological polar surface area (TPSA) is 42.3 Å². The van der Waals surface area contributed by atoms with E-state index in [0.29, 0.717) is 12.3 Å². The molecular formula is C13H15F3N2O2. The van der Waals surface area contributed by atoms with Crippen molar-refractivity contribution >= 4 is 5.78 Å². The van der Waals surface area contributed by atoms with Crippen molar-refractivity contribution in [2.24, 2.45) is 0 Å². The number of nitrogens with zero attached hydrogens (tertiary/aromatic N) is 2. The molecule has 0 spiro atoms. The fourth-order valence-electron chi connectivity index (χ4n) is 1.47. The molecule has 0 aliphatic heterocycles. The summed E-state index contributed by atoms with van der Waals surface area (Å²) in [6.07, 6.45) is -1.21. The maximum Gasteiger partial charge on any atom is 0.417 e. The summed E-state index contributed by atoms with van der Waals surface area (Å²) in [6.45, 7) is 1.38. The molecule has 0 saturated heterocycles. The Balaban J connectivity index is 3.13. The van der Waals surface area contributed by atoms with Gasteiger partial charge in [-0.25, -0.2) is 0 Å². The Labute approximate surface area is 114 Å². The van der Waals surface area contributed by atoms with E-state index in [0.717, 1.165) is 10.6 Å². The number of hydrogen-bond acceptors (Lipinski definition) is 3. The van der Waals surface area contributed by atoms with Gasteiger partial charge in [-0.3, -0.25) is 9.59 Å². The number of hydrogen-bond donors (Lipinski definition) is 0. The van der Waals surface area contributed by atoms with Crippen molar-refractivity contribution in [2.45, 2.75) is 19.1 Å². The monoisotopic (exact) mass is 288 g/mol. The van der Waals surface area contributed by atoms with E-state index in [1.165, 1.54) is 19.2 Å². The lowest BCUT2D eigenvalue weighted by Gasteiger charge is -2.15. The second-order valence-electron chi connectivity index (χ2n) is 4.52. The fourth-order valence-corrected chi connectivity index (χ4v) is 1.47. The van der Waals surface area contributed by atoms with Gasteiger partial charge in [0.15, 0.2) is 5.78 Å². The number of allylic oxidation sites excluding steroid dienone is 1. The van der Waals surface area contributed by atoms with Crippen molar-refractivity contribution in [1.82, 2.24) is 9.47 Å². The van der Waals surface area contributed by atoms with Gasteiger partial charge < -0.3 is 9.47 Å². The molecule has 20 heavy (non-hydrogen) atoms. The van der Waals surface area contributed by atoms with Gasteiger partial charge in [0, 0.05) is 32.6 Å². The van der Waals surface area contributed by atoms with Crippen LogP contribution in [0.4, 0.5) is 13.2 Å². The Bertz CT molecular complexity index is 574. The third-order valence-electron chi connectivity index (χ3n) is 2.63. The van der Waals surface area contributed by atoms with Gasteiger partial charge in [-0.05, 0) is 19.1 Å². The summed E-state index contributed by atoms with van der Waals surface area (Å²) in [6, 6.07) is 0.509. The first-order valence-electron chi connectivity index (χ1n) is 5.81. The first kappa shape index (κ1) is 16.0. The van der Waals surface area contributed by atoms with E-state index in [1.54, 1.807) is 19.0 Å². The van der Waals surface area contributed by atoms with Crippen molar-refractivity contribution in [1.29, 1.82) is 0 Å². The van der Waals surface area contributed by atoms with Crippen LogP contribution in [0.2, 0.25) is 0 Å². The molecule has 1 unspecified atom stereocenters. The van der Waals surface area contributed by atoms with E-state index >= 15 is 0 Å². The Kier molecular flexibility index (Phi) is 4.75. The minimum Gasteiger partial charge on any atom is -0.383 e. The normalized spacial score (nSPS) is 13.5. The third kappa shape index (κ3) is 3.97. The summed E-state index contributed by atoms with van der Waals surface area (Å²) in [7, 11) is 3.40. The number of carbonyl (C=O) groups is 1. The standard InChI is InChI=1S/C13H15F3N2O2/c1-9(11(19)6-7-17(2)3)18-8-10(13(14,15)16)4-5-12(18)20/h4-9H,1-3H3/b7-6+. The summed E-state index contributed by atoms with van der Waals surface area (Å²) < 4.78 is 38.6. The van der Waals surface area contributed by atoms with Crippen molar-refractivity contribution < 1.29 is 18.0 Å². The smallest absolute Gasteiger partial charge is 0.383 e. The molecule has 0 fully saturated rings. The largest absolute Gasteiger partial charge is 0.417 e. The molecule has 1 aromatic heterocycles. The van der Waals surface area contributed by atoms with Crippen LogP contribution in [0.5, 0.6) is 0 Å². The van der Waals surface area contributed by atoms with E-state index in [4.69, 9.17) is 0 Å². The highest BCUT2D eigenvalue weighted by atomic mass is 19.4. The Morgan fingerprint density at radius 2 is 1.95 bits per heavy atom. The first-order valence-corrected chi connectivity index (χ1v) is 5.81.